The zero-order chi connectivity index (χ0) is 21.1. The van der Waals surface area contributed by atoms with Crippen LogP contribution in [0.15, 0.2) is 47.6 Å². The van der Waals surface area contributed by atoms with Crippen LogP contribution in [-0.2, 0) is 16.0 Å². The molecule has 29 heavy (non-hydrogen) atoms. The Labute approximate surface area is 170 Å². The normalized spacial score (nSPS) is 10.2. The molecule has 0 saturated carbocycles. The lowest BCUT2D eigenvalue weighted by Crippen LogP contribution is -2.25. The van der Waals surface area contributed by atoms with Crippen LogP contribution in [0.3, 0.4) is 0 Å². The molecule has 2 rings (SSSR count). The summed E-state index contributed by atoms with van der Waals surface area (Å²) in [6.07, 6.45) is 7.06. The molecular formula is C22H23N3O4. The number of nitrogens with one attached hydrogen (secondary N) is 2. The zero-order valence-electron chi connectivity index (χ0n) is 16.4. The van der Waals surface area contributed by atoms with Gasteiger partial charge < -0.3 is 14.8 Å². The highest BCUT2D eigenvalue weighted by atomic mass is 16.5. The number of hydrogen-bond donors (Lipinski definition) is 2. The molecule has 0 bridgehead atoms. The Balaban J connectivity index is 1.89. The van der Waals surface area contributed by atoms with Gasteiger partial charge in [0.1, 0.15) is 13.0 Å². The molecule has 7 nitrogen and oxygen atoms in total. The van der Waals surface area contributed by atoms with E-state index in [0.29, 0.717) is 22.7 Å². The lowest BCUT2D eigenvalue weighted by atomic mass is 10.1. The van der Waals surface area contributed by atoms with E-state index in [9.17, 15) is 9.59 Å². The number of hydrogen-bond acceptors (Lipinski definition) is 5. The quantitative estimate of drug-likeness (QED) is 0.297. The third kappa shape index (κ3) is 6.70. The van der Waals surface area contributed by atoms with Crippen molar-refractivity contribution in [3.8, 4) is 23.8 Å². The Morgan fingerprint density at radius 1 is 1.17 bits per heavy atom. The SMILES string of the molecule is C#CCOc1ccc(C=NNC(=O)CC(=O)Nc2ccccc2CC)cc1OC. The van der Waals surface area contributed by atoms with Crippen molar-refractivity contribution in [1.82, 2.24) is 5.43 Å². The van der Waals surface area contributed by atoms with Crippen molar-refractivity contribution in [2.45, 2.75) is 19.8 Å². The Kier molecular flexibility index (Phi) is 8.27. The van der Waals surface area contributed by atoms with Gasteiger partial charge in [-0.2, -0.15) is 5.10 Å². The number of para-hydroxylation sites is 1. The number of aryl methyl sites for hydroxylation is 1. The monoisotopic (exact) mass is 393 g/mol. The van der Waals surface area contributed by atoms with Gasteiger partial charge in [0, 0.05) is 5.69 Å². The largest absolute Gasteiger partial charge is 0.493 e. The van der Waals surface area contributed by atoms with Crippen LogP contribution in [0.1, 0.15) is 24.5 Å². The highest BCUT2D eigenvalue weighted by Crippen LogP contribution is 2.27. The summed E-state index contributed by atoms with van der Waals surface area (Å²) in [4.78, 5) is 24.0. The first kappa shape index (κ1) is 21.5. The van der Waals surface area contributed by atoms with Crippen LogP contribution in [0.5, 0.6) is 11.5 Å². The fourth-order valence-electron chi connectivity index (χ4n) is 2.51. The number of methoxy groups -OCH3 is 1. The highest BCUT2D eigenvalue weighted by molar-refractivity contribution is 6.04. The molecule has 0 aliphatic rings. The van der Waals surface area contributed by atoms with Crippen LogP contribution in [0.25, 0.3) is 0 Å². The van der Waals surface area contributed by atoms with Crippen LogP contribution in [0.2, 0.25) is 0 Å². The van der Waals surface area contributed by atoms with Crippen molar-refractivity contribution < 1.29 is 19.1 Å². The fraction of sp³-hybridized carbons (Fsp3) is 0.227. The minimum Gasteiger partial charge on any atom is -0.493 e. The lowest BCUT2D eigenvalue weighted by molar-refractivity contribution is -0.126. The van der Waals surface area contributed by atoms with Gasteiger partial charge in [-0.05, 0) is 41.8 Å². The van der Waals surface area contributed by atoms with Gasteiger partial charge in [0.15, 0.2) is 11.5 Å². The molecule has 2 aromatic carbocycles. The highest BCUT2D eigenvalue weighted by Gasteiger charge is 2.10. The van der Waals surface area contributed by atoms with Crippen LogP contribution >= 0.6 is 0 Å². The molecule has 2 N–H and O–H groups in total. The van der Waals surface area contributed by atoms with E-state index in [4.69, 9.17) is 15.9 Å². The summed E-state index contributed by atoms with van der Waals surface area (Å²) in [6.45, 7) is 2.12. The third-order valence-electron chi connectivity index (χ3n) is 3.90. The average molecular weight is 393 g/mol. The number of ether oxygens (including phenoxy) is 2. The average Bonchev–Trinajstić information content (AvgIpc) is 2.72. The second-order valence-corrected chi connectivity index (χ2v) is 5.93. The number of terminal acetylenes is 1. The molecule has 0 aliphatic carbocycles. The minimum atomic E-state index is -0.520. The molecule has 150 valence electrons. The number of rotatable bonds is 9. The summed E-state index contributed by atoms with van der Waals surface area (Å²) < 4.78 is 10.6. The molecular weight excluding hydrogens is 370 g/mol. The zero-order valence-corrected chi connectivity index (χ0v) is 16.4. The van der Waals surface area contributed by atoms with Gasteiger partial charge >= 0.3 is 0 Å². The van der Waals surface area contributed by atoms with E-state index in [0.717, 1.165) is 12.0 Å². The van der Waals surface area contributed by atoms with E-state index >= 15 is 0 Å². The smallest absolute Gasteiger partial charge is 0.249 e. The van der Waals surface area contributed by atoms with Gasteiger partial charge in [-0.25, -0.2) is 5.43 Å². The van der Waals surface area contributed by atoms with Crippen LogP contribution in [0, 0.1) is 12.3 Å². The minimum absolute atomic E-state index is 0.130. The Bertz CT molecular complexity index is 932. The van der Waals surface area contributed by atoms with Crippen molar-refractivity contribution in [2.75, 3.05) is 19.0 Å². The van der Waals surface area contributed by atoms with E-state index in [2.05, 4.69) is 21.8 Å². The molecule has 0 radical (unpaired) electrons. The molecule has 0 atom stereocenters. The van der Waals surface area contributed by atoms with Gasteiger partial charge in [0.2, 0.25) is 11.8 Å². The van der Waals surface area contributed by atoms with E-state index in [1.807, 2.05) is 25.1 Å². The standard InChI is InChI=1S/C22H23N3O4/c1-4-12-29-19-11-10-16(13-20(19)28-3)15-23-25-22(27)14-21(26)24-18-9-7-6-8-17(18)5-2/h1,6-11,13,15H,5,12,14H2,2-3H3,(H,24,26)(H,25,27). The molecule has 0 aromatic heterocycles. The second kappa shape index (κ2) is 11.1. The summed E-state index contributed by atoms with van der Waals surface area (Å²) in [5.74, 6) is 2.45. The molecule has 0 unspecified atom stereocenters. The number of carbonyl (C=O) groups is 2. The molecule has 2 aromatic rings. The number of benzene rings is 2. The Hall–Kier alpha value is -3.79. The maximum Gasteiger partial charge on any atom is 0.249 e. The van der Waals surface area contributed by atoms with Crippen molar-refractivity contribution in [2.24, 2.45) is 5.10 Å². The van der Waals surface area contributed by atoms with Crippen molar-refractivity contribution in [3.05, 3.63) is 53.6 Å². The van der Waals surface area contributed by atoms with Crippen molar-refractivity contribution >= 4 is 23.7 Å². The number of nitrogens with zero attached hydrogens (tertiary/aromatic N) is 1. The van der Waals surface area contributed by atoms with Crippen molar-refractivity contribution in [3.63, 3.8) is 0 Å². The summed E-state index contributed by atoms with van der Waals surface area (Å²) in [6, 6.07) is 12.6. The first-order chi connectivity index (χ1) is 14.1. The molecule has 0 aliphatic heterocycles. The van der Waals surface area contributed by atoms with Crippen LogP contribution in [0.4, 0.5) is 5.69 Å². The van der Waals surface area contributed by atoms with Gasteiger partial charge in [0.25, 0.3) is 0 Å². The second-order valence-electron chi connectivity index (χ2n) is 5.93. The van der Waals surface area contributed by atoms with Crippen LogP contribution < -0.4 is 20.2 Å². The van der Waals surface area contributed by atoms with Crippen LogP contribution in [-0.4, -0.2) is 31.7 Å². The number of hydrazone groups is 1. The predicted octanol–water partition coefficient (Wildman–Crippen LogP) is 2.75. The Morgan fingerprint density at radius 2 is 1.97 bits per heavy atom. The van der Waals surface area contributed by atoms with Gasteiger partial charge in [0.05, 0.1) is 13.3 Å². The lowest BCUT2D eigenvalue weighted by Gasteiger charge is -2.09. The molecule has 0 spiro atoms. The Morgan fingerprint density at radius 3 is 2.69 bits per heavy atom. The summed E-state index contributed by atoms with van der Waals surface area (Å²) in [5.41, 5.74) is 4.72. The first-order valence-corrected chi connectivity index (χ1v) is 9.01. The third-order valence-corrected chi connectivity index (χ3v) is 3.90. The predicted molar refractivity (Wildman–Crippen MR) is 112 cm³/mol. The van der Waals surface area contributed by atoms with Gasteiger partial charge in [-0.15, -0.1) is 6.42 Å². The molecule has 7 heteroatoms. The number of carbonyl (C=O) groups excluding carboxylic acids is 2. The van der Waals surface area contributed by atoms with Gasteiger partial charge in [-0.1, -0.05) is 31.0 Å². The van der Waals surface area contributed by atoms with Crippen molar-refractivity contribution in [1.29, 1.82) is 0 Å². The maximum absolute atomic E-state index is 12.1. The molecule has 2 amide bonds. The fourth-order valence-corrected chi connectivity index (χ4v) is 2.51. The first-order valence-electron chi connectivity index (χ1n) is 9.01. The van der Waals surface area contributed by atoms with E-state index in [1.165, 1.54) is 13.3 Å². The molecule has 0 saturated heterocycles. The molecule has 0 heterocycles. The van der Waals surface area contributed by atoms with E-state index < -0.39 is 11.8 Å². The topological polar surface area (TPSA) is 89.0 Å². The van der Waals surface area contributed by atoms with Gasteiger partial charge in [-0.3, -0.25) is 9.59 Å². The van der Waals surface area contributed by atoms with E-state index in [-0.39, 0.29) is 13.0 Å². The summed E-state index contributed by atoms with van der Waals surface area (Å²) in [5, 5.41) is 6.61. The molecule has 0 fully saturated rings. The maximum atomic E-state index is 12.1. The number of amides is 2. The number of anilines is 1. The summed E-state index contributed by atoms with van der Waals surface area (Å²) in [7, 11) is 1.51. The summed E-state index contributed by atoms with van der Waals surface area (Å²) >= 11 is 0. The van der Waals surface area contributed by atoms with E-state index in [1.54, 1.807) is 24.3 Å².